The second-order valence-corrected chi connectivity index (χ2v) is 6.06. The highest BCUT2D eigenvalue weighted by Gasteiger charge is 2.20. The summed E-state index contributed by atoms with van der Waals surface area (Å²) in [7, 11) is 1.98. The van der Waals surface area contributed by atoms with Gasteiger partial charge in [-0.2, -0.15) is 0 Å². The minimum atomic E-state index is 0.0480. The maximum Gasteiger partial charge on any atom is 0.255 e. The quantitative estimate of drug-likeness (QED) is 0.834. The first-order chi connectivity index (χ1) is 10.1. The summed E-state index contributed by atoms with van der Waals surface area (Å²) in [6.07, 6.45) is 7.27. The summed E-state index contributed by atoms with van der Waals surface area (Å²) in [5.41, 5.74) is 0.592. The highest BCUT2D eigenvalue weighted by molar-refractivity contribution is 6.33. The van der Waals surface area contributed by atoms with Crippen LogP contribution < -0.4 is 4.90 Å². The first-order valence-corrected chi connectivity index (χ1v) is 8.17. The van der Waals surface area contributed by atoms with Gasteiger partial charge in [0.25, 0.3) is 5.91 Å². The minimum Gasteiger partial charge on any atom is -0.358 e. The molecule has 0 radical (unpaired) electrons. The molecule has 0 aliphatic carbocycles. The zero-order chi connectivity index (χ0) is 15.2. The number of hydrogen-bond acceptors (Lipinski definition) is 3. The van der Waals surface area contributed by atoms with Crippen molar-refractivity contribution in [3.63, 3.8) is 0 Å². The molecule has 1 saturated heterocycles. The third-order valence-electron chi connectivity index (χ3n) is 3.92. The number of pyridine rings is 1. The largest absolute Gasteiger partial charge is 0.358 e. The van der Waals surface area contributed by atoms with Crippen LogP contribution in [0.1, 0.15) is 49.4 Å². The standard InChI is InChI=1S/C16H24ClN3O/c1-3-4-8-19(2)15-14(17)11-13(12-18-15)16(21)20-9-6-5-7-10-20/h11-12H,3-10H2,1-2H3. The summed E-state index contributed by atoms with van der Waals surface area (Å²) >= 11 is 6.31. The summed E-state index contributed by atoms with van der Waals surface area (Å²) in [5, 5.41) is 0.552. The van der Waals surface area contributed by atoms with E-state index in [0.29, 0.717) is 10.6 Å². The van der Waals surface area contributed by atoms with Crippen molar-refractivity contribution < 1.29 is 4.79 Å². The van der Waals surface area contributed by atoms with Crippen molar-refractivity contribution in [2.45, 2.75) is 39.0 Å². The predicted octanol–water partition coefficient (Wildman–Crippen LogP) is 3.60. The second kappa shape index (κ2) is 7.64. The molecular weight excluding hydrogens is 286 g/mol. The van der Waals surface area contributed by atoms with Crippen molar-refractivity contribution in [2.75, 3.05) is 31.6 Å². The van der Waals surface area contributed by atoms with Crippen molar-refractivity contribution in [3.05, 3.63) is 22.8 Å². The number of halogens is 1. The van der Waals surface area contributed by atoms with Crippen LogP contribution >= 0.6 is 11.6 Å². The van der Waals surface area contributed by atoms with Gasteiger partial charge in [0.05, 0.1) is 10.6 Å². The van der Waals surface area contributed by atoms with Gasteiger partial charge in [0.1, 0.15) is 5.82 Å². The Balaban J connectivity index is 2.08. The van der Waals surface area contributed by atoms with Gasteiger partial charge in [0.15, 0.2) is 0 Å². The monoisotopic (exact) mass is 309 g/mol. The summed E-state index contributed by atoms with van der Waals surface area (Å²) in [5.74, 6) is 0.798. The molecule has 1 aliphatic heterocycles. The van der Waals surface area contributed by atoms with Crippen molar-refractivity contribution in [2.24, 2.45) is 0 Å². The fourth-order valence-corrected chi connectivity index (χ4v) is 2.92. The molecule has 116 valence electrons. The van der Waals surface area contributed by atoms with Crippen LogP contribution in [0.4, 0.5) is 5.82 Å². The van der Waals surface area contributed by atoms with Crippen molar-refractivity contribution >= 4 is 23.3 Å². The number of carbonyl (C=O) groups excluding carboxylic acids is 1. The maximum atomic E-state index is 12.4. The molecule has 0 saturated carbocycles. The van der Waals surface area contributed by atoms with Crippen LogP contribution in [0, 0.1) is 0 Å². The smallest absolute Gasteiger partial charge is 0.255 e. The number of anilines is 1. The van der Waals surface area contributed by atoms with Crippen LogP contribution in [0.25, 0.3) is 0 Å². The lowest BCUT2D eigenvalue weighted by Gasteiger charge is -2.27. The molecule has 0 aromatic carbocycles. The number of carbonyl (C=O) groups is 1. The molecule has 1 aromatic rings. The molecular formula is C16H24ClN3O. The molecule has 2 heterocycles. The Hall–Kier alpha value is -1.29. The molecule has 0 atom stereocenters. The van der Waals surface area contributed by atoms with E-state index in [-0.39, 0.29) is 5.91 Å². The normalized spacial score (nSPS) is 15.1. The van der Waals surface area contributed by atoms with Crippen LogP contribution in [-0.4, -0.2) is 42.5 Å². The van der Waals surface area contributed by atoms with E-state index in [1.54, 1.807) is 12.3 Å². The molecule has 21 heavy (non-hydrogen) atoms. The van der Waals surface area contributed by atoms with E-state index in [1.165, 1.54) is 6.42 Å². The second-order valence-electron chi connectivity index (χ2n) is 5.66. The lowest BCUT2D eigenvalue weighted by Crippen LogP contribution is -2.35. The number of unbranched alkanes of at least 4 members (excludes halogenated alkanes) is 1. The van der Waals surface area contributed by atoms with Gasteiger partial charge in [-0.25, -0.2) is 4.98 Å². The van der Waals surface area contributed by atoms with E-state index in [1.807, 2.05) is 16.8 Å². The number of nitrogens with zero attached hydrogens (tertiary/aromatic N) is 3. The van der Waals surface area contributed by atoms with Gasteiger partial charge in [-0.15, -0.1) is 0 Å². The Labute approximate surface area is 132 Å². The van der Waals surface area contributed by atoms with Gasteiger partial charge in [-0.1, -0.05) is 24.9 Å². The van der Waals surface area contributed by atoms with Crippen molar-refractivity contribution in [1.29, 1.82) is 0 Å². The lowest BCUT2D eigenvalue weighted by molar-refractivity contribution is 0.0724. The minimum absolute atomic E-state index is 0.0480. The van der Waals surface area contributed by atoms with Gasteiger partial charge in [0.2, 0.25) is 0 Å². The molecule has 4 nitrogen and oxygen atoms in total. The maximum absolute atomic E-state index is 12.4. The average molecular weight is 310 g/mol. The Morgan fingerprint density at radius 2 is 2.10 bits per heavy atom. The van der Waals surface area contributed by atoms with Crippen LogP contribution in [0.15, 0.2) is 12.3 Å². The van der Waals surface area contributed by atoms with Crippen LogP contribution in [0.3, 0.4) is 0 Å². The Morgan fingerprint density at radius 1 is 1.38 bits per heavy atom. The molecule has 1 aliphatic rings. The van der Waals surface area contributed by atoms with E-state index in [9.17, 15) is 4.79 Å². The third-order valence-corrected chi connectivity index (χ3v) is 4.20. The molecule has 0 unspecified atom stereocenters. The van der Waals surface area contributed by atoms with Crippen LogP contribution in [0.2, 0.25) is 5.02 Å². The first kappa shape index (κ1) is 16.1. The number of aromatic nitrogens is 1. The Morgan fingerprint density at radius 3 is 2.71 bits per heavy atom. The fraction of sp³-hybridized carbons (Fsp3) is 0.625. The molecule has 1 fully saturated rings. The van der Waals surface area contributed by atoms with E-state index in [2.05, 4.69) is 11.9 Å². The number of hydrogen-bond donors (Lipinski definition) is 0. The number of likely N-dealkylation sites (tertiary alicyclic amines) is 1. The topological polar surface area (TPSA) is 36.4 Å². The van der Waals surface area contributed by atoms with Crippen LogP contribution in [0.5, 0.6) is 0 Å². The summed E-state index contributed by atoms with van der Waals surface area (Å²) in [6.45, 7) is 4.76. The van der Waals surface area contributed by atoms with Crippen molar-refractivity contribution in [3.8, 4) is 0 Å². The number of piperidine rings is 1. The molecule has 0 bridgehead atoms. The number of rotatable bonds is 5. The predicted molar refractivity (Wildman–Crippen MR) is 87.2 cm³/mol. The van der Waals surface area contributed by atoms with E-state index in [4.69, 9.17) is 11.6 Å². The SMILES string of the molecule is CCCCN(C)c1ncc(C(=O)N2CCCCC2)cc1Cl. The highest BCUT2D eigenvalue weighted by Crippen LogP contribution is 2.24. The molecule has 1 aromatic heterocycles. The van der Waals surface area contributed by atoms with Gasteiger partial charge in [-0.05, 0) is 31.7 Å². The summed E-state index contributed by atoms with van der Waals surface area (Å²) < 4.78 is 0. The first-order valence-electron chi connectivity index (χ1n) is 7.79. The Bertz CT molecular complexity index is 486. The van der Waals surface area contributed by atoms with E-state index < -0.39 is 0 Å². The Kier molecular flexibility index (Phi) is 5.85. The number of amides is 1. The zero-order valence-corrected chi connectivity index (χ0v) is 13.7. The molecule has 2 rings (SSSR count). The third kappa shape index (κ3) is 4.10. The summed E-state index contributed by atoms with van der Waals surface area (Å²) in [6, 6.07) is 1.75. The fourth-order valence-electron chi connectivity index (χ4n) is 2.61. The molecule has 0 spiro atoms. The summed E-state index contributed by atoms with van der Waals surface area (Å²) in [4.78, 5) is 20.8. The molecule has 5 heteroatoms. The highest BCUT2D eigenvalue weighted by atomic mass is 35.5. The van der Waals surface area contributed by atoms with Gasteiger partial charge < -0.3 is 9.80 Å². The molecule has 0 N–H and O–H groups in total. The molecule has 1 amide bonds. The van der Waals surface area contributed by atoms with E-state index >= 15 is 0 Å². The van der Waals surface area contributed by atoms with Gasteiger partial charge >= 0.3 is 0 Å². The van der Waals surface area contributed by atoms with Crippen molar-refractivity contribution in [1.82, 2.24) is 9.88 Å². The van der Waals surface area contributed by atoms with Crippen LogP contribution in [-0.2, 0) is 0 Å². The lowest BCUT2D eigenvalue weighted by atomic mass is 10.1. The van der Waals surface area contributed by atoms with Gasteiger partial charge in [-0.3, -0.25) is 4.79 Å². The van der Waals surface area contributed by atoms with E-state index in [0.717, 1.165) is 51.1 Å². The average Bonchev–Trinajstić information content (AvgIpc) is 2.52. The zero-order valence-electron chi connectivity index (χ0n) is 12.9. The van der Waals surface area contributed by atoms with Gasteiger partial charge in [0, 0.05) is 32.9 Å².